The van der Waals surface area contributed by atoms with Crippen LogP contribution in [0.25, 0.3) is 0 Å². The molecule has 0 saturated carbocycles. The van der Waals surface area contributed by atoms with Crippen LogP contribution in [0.4, 0.5) is 4.39 Å². The molecule has 2 aromatic carbocycles. The van der Waals surface area contributed by atoms with Gasteiger partial charge < -0.3 is 5.11 Å². The zero-order valence-corrected chi connectivity index (χ0v) is 11.6. The van der Waals surface area contributed by atoms with E-state index in [0.29, 0.717) is 16.5 Å². The van der Waals surface area contributed by atoms with Gasteiger partial charge in [0.25, 0.3) is 0 Å². The number of hydrogen-bond acceptors (Lipinski definition) is 2. The minimum atomic E-state index is -0.686. The third-order valence-corrected chi connectivity index (χ3v) is 3.59. The van der Waals surface area contributed by atoms with E-state index in [2.05, 4.69) is 15.9 Å². The van der Waals surface area contributed by atoms with Crippen LogP contribution in [-0.2, 0) is 6.42 Å². The summed E-state index contributed by atoms with van der Waals surface area (Å²) in [6, 6.07) is 13.2. The highest BCUT2D eigenvalue weighted by Gasteiger charge is 2.11. The second kappa shape index (κ2) is 5.96. The number of aliphatic hydroxyl groups is 1. The molecule has 0 aliphatic rings. The Labute approximate surface area is 119 Å². The van der Waals surface area contributed by atoms with Crippen LogP contribution < -0.4 is 0 Å². The van der Waals surface area contributed by atoms with Crippen LogP contribution in [0.15, 0.2) is 46.9 Å². The Balaban J connectivity index is 2.16. The van der Waals surface area contributed by atoms with Crippen molar-refractivity contribution in [2.45, 2.75) is 12.5 Å². The summed E-state index contributed by atoms with van der Waals surface area (Å²) >= 11 is 3.28. The number of rotatable bonds is 3. The Morgan fingerprint density at radius 1 is 1.21 bits per heavy atom. The average molecular weight is 320 g/mol. The van der Waals surface area contributed by atoms with E-state index in [-0.39, 0.29) is 5.82 Å². The number of nitriles is 1. The van der Waals surface area contributed by atoms with Crippen molar-refractivity contribution in [3.63, 3.8) is 0 Å². The Morgan fingerprint density at radius 2 is 1.89 bits per heavy atom. The molecule has 2 nitrogen and oxygen atoms in total. The Bertz CT molecular complexity index is 619. The predicted octanol–water partition coefficient (Wildman–Crippen LogP) is 3.74. The summed E-state index contributed by atoms with van der Waals surface area (Å²) in [7, 11) is 0. The van der Waals surface area contributed by atoms with Gasteiger partial charge in [0.1, 0.15) is 5.82 Å². The first kappa shape index (κ1) is 13.7. The van der Waals surface area contributed by atoms with E-state index in [0.717, 1.165) is 11.1 Å². The molecule has 96 valence electrons. The maximum Gasteiger partial charge on any atom is 0.124 e. The molecule has 4 heteroatoms. The Morgan fingerprint density at radius 3 is 2.47 bits per heavy atom. The zero-order valence-electron chi connectivity index (χ0n) is 9.98. The highest BCUT2D eigenvalue weighted by molar-refractivity contribution is 9.10. The van der Waals surface area contributed by atoms with E-state index in [9.17, 15) is 9.50 Å². The second-order valence-electron chi connectivity index (χ2n) is 4.19. The summed E-state index contributed by atoms with van der Waals surface area (Å²) in [5.41, 5.74) is 2.12. The van der Waals surface area contributed by atoms with Gasteiger partial charge in [0.2, 0.25) is 0 Å². The van der Waals surface area contributed by atoms with Gasteiger partial charge in [-0.05, 0) is 35.4 Å². The third kappa shape index (κ3) is 3.40. The van der Waals surface area contributed by atoms with Crippen LogP contribution in [0.2, 0.25) is 0 Å². The van der Waals surface area contributed by atoms with Crippen molar-refractivity contribution in [2.75, 3.05) is 0 Å². The van der Waals surface area contributed by atoms with Crippen LogP contribution in [-0.4, -0.2) is 5.11 Å². The predicted molar refractivity (Wildman–Crippen MR) is 73.9 cm³/mol. The van der Waals surface area contributed by atoms with Gasteiger partial charge >= 0.3 is 0 Å². The maximum atomic E-state index is 13.0. The summed E-state index contributed by atoms with van der Waals surface area (Å²) < 4.78 is 13.6. The quantitative estimate of drug-likeness (QED) is 0.936. The molecule has 0 radical (unpaired) electrons. The number of benzene rings is 2. The van der Waals surface area contributed by atoms with Gasteiger partial charge in [-0.1, -0.05) is 34.1 Å². The standard InChI is InChI=1S/C15H11BrFNO/c16-14-8-13(17)6-5-12(14)7-15(19)11-3-1-10(9-18)2-4-11/h1-6,8,15,19H,7H2. The maximum absolute atomic E-state index is 13.0. The number of hydrogen-bond donors (Lipinski definition) is 1. The minimum Gasteiger partial charge on any atom is -0.388 e. The van der Waals surface area contributed by atoms with E-state index < -0.39 is 6.10 Å². The summed E-state index contributed by atoms with van der Waals surface area (Å²) in [5.74, 6) is -0.316. The summed E-state index contributed by atoms with van der Waals surface area (Å²) in [5, 5.41) is 18.8. The van der Waals surface area contributed by atoms with Crippen molar-refractivity contribution in [3.8, 4) is 6.07 Å². The lowest BCUT2D eigenvalue weighted by atomic mass is 10.0. The topological polar surface area (TPSA) is 44.0 Å². The van der Waals surface area contributed by atoms with E-state index in [1.807, 2.05) is 6.07 Å². The third-order valence-electron chi connectivity index (χ3n) is 2.85. The fourth-order valence-electron chi connectivity index (χ4n) is 1.79. The van der Waals surface area contributed by atoms with Gasteiger partial charge in [0.05, 0.1) is 17.7 Å². The van der Waals surface area contributed by atoms with Crippen molar-refractivity contribution in [1.82, 2.24) is 0 Å². The van der Waals surface area contributed by atoms with Crippen LogP contribution in [0, 0.1) is 17.1 Å². The molecular formula is C15H11BrFNO. The minimum absolute atomic E-state index is 0.316. The van der Waals surface area contributed by atoms with Crippen LogP contribution in [0.5, 0.6) is 0 Å². The molecule has 0 heterocycles. The smallest absolute Gasteiger partial charge is 0.124 e. The highest BCUT2D eigenvalue weighted by atomic mass is 79.9. The van der Waals surface area contributed by atoms with Gasteiger partial charge in [-0.15, -0.1) is 0 Å². The van der Waals surface area contributed by atoms with Crippen LogP contribution in [0.1, 0.15) is 22.8 Å². The SMILES string of the molecule is N#Cc1ccc(C(O)Cc2ccc(F)cc2Br)cc1. The second-order valence-corrected chi connectivity index (χ2v) is 5.04. The molecule has 19 heavy (non-hydrogen) atoms. The van der Waals surface area contributed by atoms with E-state index in [1.165, 1.54) is 12.1 Å². The molecule has 0 saturated heterocycles. The zero-order chi connectivity index (χ0) is 13.8. The Hall–Kier alpha value is -1.70. The van der Waals surface area contributed by atoms with Gasteiger partial charge in [-0.2, -0.15) is 5.26 Å². The first-order chi connectivity index (χ1) is 9.10. The molecular weight excluding hydrogens is 309 g/mol. The number of halogens is 2. The molecule has 1 unspecified atom stereocenters. The van der Waals surface area contributed by atoms with Gasteiger partial charge in [-0.3, -0.25) is 0 Å². The van der Waals surface area contributed by atoms with Crippen molar-refractivity contribution >= 4 is 15.9 Å². The van der Waals surface area contributed by atoms with Crippen molar-refractivity contribution in [1.29, 1.82) is 5.26 Å². The fraction of sp³-hybridized carbons (Fsp3) is 0.133. The molecule has 0 aliphatic heterocycles. The van der Waals surface area contributed by atoms with Crippen LogP contribution >= 0.6 is 15.9 Å². The van der Waals surface area contributed by atoms with E-state index in [4.69, 9.17) is 5.26 Å². The van der Waals surface area contributed by atoms with Crippen molar-refractivity contribution in [3.05, 3.63) is 69.4 Å². The van der Waals surface area contributed by atoms with Crippen molar-refractivity contribution in [2.24, 2.45) is 0 Å². The van der Waals surface area contributed by atoms with Crippen molar-refractivity contribution < 1.29 is 9.50 Å². The largest absolute Gasteiger partial charge is 0.388 e. The van der Waals surface area contributed by atoms with Crippen LogP contribution in [0.3, 0.4) is 0 Å². The summed E-state index contributed by atoms with van der Waals surface area (Å²) in [6.07, 6.45) is -0.304. The molecule has 0 fully saturated rings. The first-order valence-corrected chi connectivity index (χ1v) is 6.51. The average Bonchev–Trinajstić information content (AvgIpc) is 2.42. The lowest BCUT2D eigenvalue weighted by Crippen LogP contribution is -2.02. The van der Waals surface area contributed by atoms with Gasteiger partial charge in [0.15, 0.2) is 0 Å². The lowest BCUT2D eigenvalue weighted by Gasteiger charge is -2.12. The van der Waals surface area contributed by atoms with E-state index in [1.54, 1.807) is 30.3 Å². The number of aliphatic hydroxyl groups excluding tert-OH is 1. The molecule has 0 amide bonds. The molecule has 0 bridgehead atoms. The van der Waals surface area contributed by atoms with E-state index >= 15 is 0 Å². The molecule has 0 aliphatic carbocycles. The monoisotopic (exact) mass is 319 g/mol. The first-order valence-electron chi connectivity index (χ1n) is 5.72. The Kier molecular flexibility index (Phi) is 4.31. The molecule has 1 N–H and O–H groups in total. The number of nitrogens with zero attached hydrogens (tertiary/aromatic N) is 1. The fourth-order valence-corrected chi connectivity index (χ4v) is 2.31. The van der Waals surface area contributed by atoms with Gasteiger partial charge in [0, 0.05) is 10.9 Å². The molecule has 0 aromatic heterocycles. The molecule has 1 atom stereocenters. The highest BCUT2D eigenvalue weighted by Crippen LogP contribution is 2.24. The summed E-state index contributed by atoms with van der Waals surface area (Å²) in [6.45, 7) is 0. The molecule has 2 rings (SSSR count). The van der Waals surface area contributed by atoms with Gasteiger partial charge in [-0.25, -0.2) is 4.39 Å². The molecule has 2 aromatic rings. The lowest BCUT2D eigenvalue weighted by molar-refractivity contribution is 0.178. The summed E-state index contributed by atoms with van der Waals surface area (Å²) in [4.78, 5) is 0. The molecule has 0 spiro atoms. The normalized spacial score (nSPS) is 11.9.